The van der Waals surface area contributed by atoms with Crippen LogP contribution in [0.2, 0.25) is 0 Å². The summed E-state index contributed by atoms with van der Waals surface area (Å²) in [4.78, 5) is 35.1. The van der Waals surface area contributed by atoms with Gasteiger partial charge in [-0.05, 0) is 27.2 Å². The molecule has 0 unspecified atom stereocenters. The number of rotatable bonds is 6. The zero-order valence-electron chi connectivity index (χ0n) is 12.8. The molecule has 22 heavy (non-hydrogen) atoms. The summed E-state index contributed by atoms with van der Waals surface area (Å²) in [5.74, 6) is -0.517. The minimum Gasteiger partial charge on any atom is -0.470 e. The van der Waals surface area contributed by atoms with Crippen molar-refractivity contribution < 1.29 is 52.7 Å². The van der Waals surface area contributed by atoms with Gasteiger partial charge in [-0.3, -0.25) is 14.5 Å². The molecule has 3 amide bonds. The normalized spacial score (nSPS) is 13.5. The molecule has 2 radical (unpaired) electrons. The number of carbonyl (C=O) groups is 3. The van der Waals surface area contributed by atoms with Gasteiger partial charge in [0.25, 0.3) is 11.8 Å². The molecule has 1 aliphatic heterocycles. The van der Waals surface area contributed by atoms with Crippen molar-refractivity contribution in [2.45, 2.75) is 45.6 Å². The molecule has 0 aromatic carbocycles. The van der Waals surface area contributed by atoms with E-state index in [1.165, 1.54) is 17.1 Å². The number of hydrogen-bond acceptors (Lipinski definition) is 4. The Balaban J connectivity index is 0. The first kappa shape index (κ1) is 23.4. The van der Waals surface area contributed by atoms with Crippen LogP contribution in [0.25, 0.3) is 0 Å². The molecule has 8 heteroatoms. The maximum absolute atomic E-state index is 11.3. The summed E-state index contributed by atoms with van der Waals surface area (Å²) < 4.78 is 5.07. The van der Waals surface area contributed by atoms with E-state index in [1.807, 2.05) is 0 Å². The summed E-state index contributed by atoms with van der Waals surface area (Å²) in [5.41, 5.74) is -0.513. The third-order valence-electron chi connectivity index (χ3n) is 2.50. The number of ether oxygens (including phenoxy) is 1. The van der Waals surface area contributed by atoms with Crippen LogP contribution in [0.1, 0.15) is 40.0 Å². The Kier molecular flexibility index (Phi) is 11.5. The van der Waals surface area contributed by atoms with Crippen molar-refractivity contribution in [1.82, 2.24) is 10.2 Å². The molecular formula is C14H21Co2N2O4-. The van der Waals surface area contributed by atoms with Gasteiger partial charge in [-0.2, -0.15) is 6.42 Å². The van der Waals surface area contributed by atoms with Gasteiger partial charge < -0.3 is 10.1 Å². The Bertz CT molecular complexity index is 402. The van der Waals surface area contributed by atoms with Crippen LogP contribution in [0, 0.1) is 6.54 Å². The van der Waals surface area contributed by atoms with E-state index in [9.17, 15) is 14.4 Å². The fourth-order valence-electron chi connectivity index (χ4n) is 1.63. The number of hydrogen-bond donors (Lipinski definition) is 1. The Hall–Kier alpha value is -0.837. The fourth-order valence-corrected chi connectivity index (χ4v) is 1.63. The second-order valence-electron chi connectivity index (χ2n) is 5.51. The first-order chi connectivity index (χ1) is 9.29. The van der Waals surface area contributed by atoms with Crippen molar-refractivity contribution in [2.24, 2.45) is 0 Å². The van der Waals surface area contributed by atoms with E-state index >= 15 is 0 Å². The van der Waals surface area contributed by atoms with Gasteiger partial charge in [-0.25, -0.2) is 11.3 Å². The zero-order valence-corrected chi connectivity index (χ0v) is 14.9. The number of unbranched alkanes of at least 4 members (excludes halogenated alkanes) is 2. The summed E-state index contributed by atoms with van der Waals surface area (Å²) in [6.45, 7) is 7.42. The van der Waals surface area contributed by atoms with Gasteiger partial charge in [-0.1, -0.05) is 6.42 Å². The average molecular weight is 399 g/mol. The first-order valence-corrected chi connectivity index (χ1v) is 6.64. The van der Waals surface area contributed by atoms with Gasteiger partial charge in [0.2, 0.25) is 0 Å². The van der Waals surface area contributed by atoms with Crippen LogP contribution < -0.4 is 5.32 Å². The molecule has 1 rings (SSSR count). The van der Waals surface area contributed by atoms with E-state index < -0.39 is 11.7 Å². The molecule has 0 saturated carbocycles. The van der Waals surface area contributed by atoms with Gasteiger partial charge in [0.05, 0.1) is 0 Å². The van der Waals surface area contributed by atoms with Crippen LogP contribution in [0.5, 0.6) is 0 Å². The molecule has 0 fully saturated rings. The predicted octanol–water partition coefficient (Wildman–Crippen LogP) is 1.76. The van der Waals surface area contributed by atoms with E-state index in [1.54, 1.807) is 27.3 Å². The zero-order chi connectivity index (χ0) is 15.2. The molecule has 0 aromatic rings. The van der Waals surface area contributed by atoms with Crippen LogP contribution in [0.4, 0.5) is 4.79 Å². The van der Waals surface area contributed by atoms with Crippen LogP contribution >= 0.6 is 0 Å². The predicted molar refractivity (Wildman–Crippen MR) is 73.4 cm³/mol. The van der Waals surface area contributed by atoms with E-state index in [4.69, 9.17) is 4.74 Å². The molecule has 6 nitrogen and oxygen atoms in total. The van der Waals surface area contributed by atoms with Crippen molar-refractivity contribution in [1.29, 1.82) is 0 Å². The molecule has 0 aliphatic carbocycles. The number of carbonyl (C=O) groups excluding carboxylic acids is 3. The third-order valence-corrected chi connectivity index (χ3v) is 2.50. The summed E-state index contributed by atoms with van der Waals surface area (Å²) >= 11 is 0. The standard InChI is InChI=1S/C14H21N2O4.2Co/c1-14(2,3)20-13(19)15-9-5-4-6-10-16-11(17)7-8-12(16)18;;/h7-9H,4-6,10H2,1-3H3,(H,15,19);;/q-1;;. The molecule has 0 aromatic heterocycles. The van der Waals surface area contributed by atoms with Gasteiger partial charge in [0.1, 0.15) is 5.60 Å². The maximum atomic E-state index is 11.3. The molecule has 130 valence electrons. The summed E-state index contributed by atoms with van der Waals surface area (Å²) in [5, 5.41) is 2.54. The Morgan fingerprint density at radius 1 is 1.18 bits per heavy atom. The van der Waals surface area contributed by atoms with Crippen molar-refractivity contribution in [3.8, 4) is 0 Å². The number of alkyl carbamates (subject to hydrolysis) is 1. The van der Waals surface area contributed by atoms with Gasteiger partial charge in [-0.15, -0.1) is 0 Å². The molecule has 0 bridgehead atoms. The number of nitrogens with zero attached hydrogens (tertiary/aromatic N) is 1. The van der Waals surface area contributed by atoms with E-state index in [0.717, 1.165) is 6.42 Å². The number of nitrogens with one attached hydrogen (secondary N) is 1. The van der Waals surface area contributed by atoms with E-state index in [2.05, 4.69) is 5.32 Å². The smallest absolute Gasteiger partial charge is 0.378 e. The van der Waals surface area contributed by atoms with Gasteiger partial charge in [0, 0.05) is 52.3 Å². The summed E-state index contributed by atoms with van der Waals surface area (Å²) in [6, 6.07) is 0. The van der Waals surface area contributed by atoms with Crippen LogP contribution in [-0.4, -0.2) is 35.0 Å². The Morgan fingerprint density at radius 2 is 1.73 bits per heavy atom. The molecular weight excluding hydrogens is 378 g/mol. The minimum absolute atomic E-state index is 0. The Labute approximate surface area is 151 Å². The van der Waals surface area contributed by atoms with Crippen LogP contribution in [0.3, 0.4) is 0 Å². The van der Waals surface area contributed by atoms with Crippen molar-refractivity contribution in [3.63, 3.8) is 0 Å². The molecule has 1 heterocycles. The second kappa shape index (κ2) is 10.8. The maximum Gasteiger partial charge on any atom is 0.378 e. The Morgan fingerprint density at radius 3 is 2.23 bits per heavy atom. The van der Waals surface area contributed by atoms with Crippen molar-refractivity contribution in [3.05, 3.63) is 18.7 Å². The largest absolute Gasteiger partial charge is 0.470 e. The molecule has 0 spiro atoms. The molecule has 1 N–H and O–H groups in total. The van der Waals surface area contributed by atoms with Crippen molar-refractivity contribution in [2.75, 3.05) is 6.54 Å². The third kappa shape index (κ3) is 9.24. The quantitative estimate of drug-likeness (QED) is 0.420. The fraction of sp³-hybridized carbons (Fsp3) is 0.571. The van der Waals surface area contributed by atoms with E-state index in [-0.39, 0.29) is 45.4 Å². The summed E-state index contributed by atoms with van der Waals surface area (Å²) in [7, 11) is 0. The van der Waals surface area contributed by atoms with Crippen molar-refractivity contribution >= 4 is 17.9 Å². The monoisotopic (exact) mass is 399 g/mol. The van der Waals surface area contributed by atoms with Gasteiger partial charge >= 0.3 is 6.09 Å². The number of imide groups is 1. The topological polar surface area (TPSA) is 75.7 Å². The average Bonchev–Trinajstić information content (AvgIpc) is 2.62. The second-order valence-corrected chi connectivity index (χ2v) is 5.51. The van der Waals surface area contributed by atoms with Gasteiger partial charge in [0.15, 0.2) is 0 Å². The SMILES string of the molecule is CC(C)(C)OC(=O)N[CH-]CCCCN1C(=O)C=CC1=O.[Co].[Co]. The molecule has 0 saturated heterocycles. The van der Waals surface area contributed by atoms with E-state index in [0.29, 0.717) is 19.4 Å². The number of amides is 3. The van der Waals surface area contributed by atoms with Crippen LogP contribution in [-0.2, 0) is 47.9 Å². The minimum atomic E-state index is -0.513. The molecule has 1 aliphatic rings. The van der Waals surface area contributed by atoms with Crippen LogP contribution in [0.15, 0.2) is 12.2 Å². The first-order valence-electron chi connectivity index (χ1n) is 6.64. The molecule has 0 atom stereocenters. The summed E-state index contributed by atoms with van der Waals surface area (Å²) in [6.07, 6.45) is 4.20.